The molecule has 24 heavy (non-hydrogen) atoms. The highest BCUT2D eigenvalue weighted by Crippen LogP contribution is 2.20. The second-order valence-electron chi connectivity index (χ2n) is 5.47. The molecule has 0 saturated heterocycles. The summed E-state index contributed by atoms with van der Waals surface area (Å²) in [4.78, 5) is 34.8. The summed E-state index contributed by atoms with van der Waals surface area (Å²) in [5.41, 5.74) is 1.86. The van der Waals surface area contributed by atoms with Crippen LogP contribution in [0.2, 0.25) is 0 Å². The van der Waals surface area contributed by atoms with E-state index in [9.17, 15) is 19.7 Å². The standard InChI is InChI=1S/C16H18N2O6/c1-9-5-13-14(6-10(9)2)18(22)16(8-24-12(4)20)15(17(13)21)7-23-11(3)19/h5-6H,7-8H2,1-4H3. The fourth-order valence-electron chi connectivity index (χ4n) is 2.26. The number of fused-ring (bicyclic) bond motifs is 1. The second-order valence-corrected chi connectivity index (χ2v) is 5.47. The minimum atomic E-state index is -0.592. The summed E-state index contributed by atoms with van der Waals surface area (Å²) in [5, 5.41) is 12.7. The molecule has 0 aliphatic rings. The van der Waals surface area contributed by atoms with E-state index in [1.165, 1.54) is 13.8 Å². The molecule has 0 unspecified atom stereocenters. The Morgan fingerprint density at radius 2 is 1.62 bits per heavy atom. The van der Waals surface area contributed by atoms with Gasteiger partial charge in [0.25, 0.3) is 11.2 Å². The second kappa shape index (κ2) is 6.69. The normalized spacial score (nSPS) is 10.7. The van der Waals surface area contributed by atoms with Crippen molar-refractivity contribution in [3.63, 3.8) is 0 Å². The molecule has 1 aromatic carbocycles. The molecule has 8 heteroatoms. The summed E-state index contributed by atoms with van der Waals surface area (Å²) in [6.07, 6.45) is 0. The molecule has 0 radical (unpaired) electrons. The van der Waals surface area contributed by atoms with E-state index in [1.54, 1.807) is 12.1 Å². The number of nitrogens with zero attached hydrogens (tertiary/aromatic N) is 2. The highest BCUT2D eigenvalue weighted by Gasteiger charge is 2.24. The van der Waals surface area contributed by atoms with Crippen molar-refractivity contribution in [1.82, 2.24) is 4.73 Å². The Morgan fingerprint density at radius 1 is 1.08 bits per heavy atom. The molecular weight excluding hydrogens is 316 g/mol. The van der Waals surface area contributed by atoms with Crippen molar-refractivity contribution >= 4 is 23.0 Å². The molecular formula is C16H18N2O6. The van der Waals surface area contributed by atoms with Gasteiger partial charge in [-0.3, -0.25) is 9.59 Å². The highest BCUT2D eigenvalue weighted by molar-refractivity contribution is 5.75. The molecule has 0 N–H and O–H groups in total. The first-order chi connectivity index (χ1) is 11.2. The van der Waals surface area contributed by atoms with Gasteiger partial charge in [0.15, 0.2) is 6.61 Å². The predicted octanol–water partition coefficient (Wildman–Crippen LogP) is 1.64. The molecule has 0 spiro atoms. The van der Waals surface area contributed by atoms with Crippen LogP contribution in [-0.2, 0) is 32.3 Å². The molecule has 2 aromatic rings. The maximum absolute atomic E-state index is 12.7. The van der Waals surface area contributed by atoms with Gasteiger partial charge in [0.05, 0.1) is 4.43 Å². The molecule has 0 atom stereocenters. The zero-order valence-electron chi connectivity index (χ0n) is 13.9. The third-order valence-corrected chi connectivity index (χ3v) is 3.68. The van der Waals surface area contributed by atoms with Crippen molar-refractivity contribution in [3.8, 4) is 0 Å². The molecule has 0 bridgehead atoms. The molecule has 1 heterocycles. The first-order valence-corrected chi connectivity index (χ1v) is 7.27. The minimum absolute atomic E-state index is 0.0720. The number of ether oxygens (including phenoxy) is 2. The number of aromatic nitrogens is 2. The van der Waals surface area contributed by atoms with Crippen LogP contribution >= 0.6 is 0 Å². The molecule has 0 aliphatic carbocycles. The summed E-state index contributed by atoms with van der Waals surface area (Å²) in [6.45, 7) is 5.26. The first kappa shape index (κ1) is 17.5. The molecule has 0 fully saturated rings. The van der Waals surface area contributed by atoms with Crippen LogP contribution in [-0.4, -0.2) is 16.7 Å². The van der Waals surface area contributed by atoms with Gasteiger partial charge in [-0.15, -0.1) is 0 Å². The van der Waals surface area contributed by atoms with Crippen LogP contribution in [0.25, 0.3) is 11.0 Å². The molecule has 1 aromatic heterocycles. The lowest BCUT2D eigenvalue weighted by molar-refractivity contribution is -0.479. The molecule has 2 rings (SSSR count). The largest absolute Gasteiger partial charge is 0.805 e. The molecule has 8 nitrogen and oxygen atoms in total. The summed E-state index contributed by atoms with van der Waals surface area (Å²) in [6, 6.07) is 3.19. The summed E-state index contributed by atoms with van der Waals surface area (Å²) in [5.74, 6) is -1.18. The smallest absolute Gasteiger partial charge is 0.303 e. The SMILES string of the molecule is CC(=O)OCc1c(COC(C)=O)[n+](=O)c2cc(C)c(C)cc2n1[O-]. The molecule has 128 valence electrons. The van der Waals surface area contributed by atoms with Gasteiger partial charge in [0, 0.05) is 24.8 Å². The highest BCUT2D eigenvalue weighted by atomic mass is 16.5. The Morgan fingerprint density at radius 3 is 2.21 bits per heavy atom. The Balaban J connectivity index is 2.73. The Kier molecular flexibility index (Phi) is 4.87. The van der Waals surface area contributed by atoms with Crippen LogP contribution in [0.15, 0.2) is 12.1 Å². The van der Waals surface area contributed by atoms with E-state index in [4.69, 9.17) is 9.47 Å². The van der Waals surface area contributed by atoms with E-state index < -0.39 is 11.9 Å². The van der Waals surface area contributed by atoms with Crippen molar-refractivity contribution in [2.45, 2.75) is 40.9 Å². The van der Waals surface area contributed by atoms with Crippen molar-refractivity contribution in [3.05, 3.63) is 44.8 Å². The van der Waals surface area contributed by atoms with Crippen LogP contribution in [0.5, 0.6) is 0 Å². The number of benzene rings is 1. The lowest BCUT2D eigenvalue weighted by Crippen LogP contribution is -2.30. The molecule has 0 aliphatic heterocycles. The van der Waals surface area contributed by atoms with Gasteiger partial charge in [-0.2, -0.15) is 0 Å². The van der Waals surface area contributed by atoms with E-state index in [1.807, 2.05) is 13.8 Å². The van der Waals surface area contributed by atoms with Gasteiger partial charge >= 0.3 is 11.9 Å². The number of esters is 2. The Labute approximate surface area is 137 Å². The minimum Gasteiger partial charge on any atom is -0.805 e. The summed E-state index contributed by atoms with van der Waals surface area (Å²) in [7, 11) is 0. The van der Waals surface area contributed by atoms with Gasteiger partial charge < -0.3 is 19.4 Å². The zero-order valence-corrected chi connectivity index (χ0v) is 13.9. The number of carbonyl (C=O) groups is 2. The Hall–Kier alpha value is -2.90. The fourth-order valence-corrected chi connectivity index (χ4v) is 2.26. The third-order valence-electron chi connectivity index (χ3n) is 3.68. The van der Waals surface area contributed by atoms with Crippen molar-refractivity contribution in [2.75, 3.05) is 0 Å². The van der Waals surface area contributed by atoms with Gasteiger partial charge in [-0.05, 0) is 31.0 Å². The third kappa shape index (κ3) is 3.37. The average Bonchev–Trinajstić information content (AvgIpc) is 2.50. The van der Waals surface area contributed by atoms with E-state index >= 15 is 0 Å². The number of hydrogen-bond donors (Lipinski definition) is 0. The number of hydrogen-bond acceptors (Lipinski definition) is 6. The first-order valence-electron chi connectivity index (χ1n) is 7.27. The molecule has 0 amide bonds. The van der Waals surface area contributed by atoms with E-state index in [0.717, 1.165) is 11.1 Å². The number of carbonyl (C=O) groups excluding carboxylic acids is 2. The van der Waals surface area contributed by atoms with Crippen molar-refractivity contribution in [1.29, 1.82) is 0 Å². The lowest BCUT2D eigenvalue weighted by atomic mass is 10.1. The van der Waals surface area contributed by atoms with Crippen LogP contribution < -0.4 is 4.43 Å². The van der Waals surface area contributed by atoms with E-state index in [0.29, 0.717) is 9.16 Å². The number of aryl methyl sites for hydroxylation is 2. The Bertz CT molecular complexity index is 884. The van der Waals surface area contributed by atoms with Gasteiger partial charge in [-0.25, -0.2) is 0 Å². The predicted molar refractivity (Wildman–Crippen MR) is 84.5 cm³/mol. The average molecular weight is 334 g/mol. The fraction of sp³-hybridized carbons (Fsp3) is 0.375. The number of rotatable bonds is 4. The molecule has 0 saturated carbocycles. The lowest BCUT2D eigenvalue weighted by Gasteiger charge is -2.19. The van der Waals surface area contributed by atoms with Crippen LogP contribution in [0.3, 0.4) is 0 Å². The summed E-state index contributed by atoms with van der Waals surface area (Å²) < 4.78 is 10.8. The topological polar surface area (TPSA) is 104 Å². The van der Waals surface area contributed by atoms with E-state index in [2.05, 4.69) is 0 Å². The van der Waals surface area contributed by atoms with Crippen molar-refractivity contribution in [2.24, 2.45) is 0 Å². The van der Waals surface area contributed by atoms with Gasteiger partial charge in [0.1, 0.15) is 17.8 Å². The van der Waals surface area contributed by atoms with Crippen molar-refractivity contribution < 1.29 is 23.5 Å². The maximum atomic E-state index is 12.7. The van der Waals surface area contributed by atoms with Crippen LogP contribution in [0.1, 0.15) is 36.4 Å². The maximum Gasteiger partial charge on any atom is 0.303 e. The van der Waals surface area contributed by atoms with Crippen LogP contribution in [0.4, 0.5) is 0 Å². The van der Waals surface area contributed by atoms with Crippen LogP contribution in [0, 0.1) is 24.0 Å². The monoisotopic (exact) mass is 334 g/mol. The van der Waals surface area contributed by atoms with E-state index in [-0.39, 0.29) is 35.6 Å². The zero-order chi connectivity index (χ0) is 18.0. The van der Waals surface area contributed by atoms with Gasteiger partial charge in [0.2, 0.25) is 0 Å². The van der Waals surface area contributed by atoms with Gasteiger partial charge in [-0.1, -0.05) is 0 Å². The summed E-state index contributed by atoms with van der Waals surface area (Å²) >= 11 is 0. The quantitative estimate of drug-likeness (QED) is 0.622.